The molecule has 0 bridgehead atoms. The van der Waals surface area contributed by atoms with E-state index in [1.807, 2.05) is 30.3 Å². The number of benzene rings is 2. The Hall–Kier alpha value is -3.34. The molecule has 5 nitrogen and oxygen atoms in total. The number of hydrogen-bond acceptors (Lipinski definition) is 4. The number of nitrogens with zero attached hydrogens (tertiary/aromatic N) is 2. The number of carbonyl (C=O) groups excluding carboxylic acids is 1. The molecule has 1 saturated heterocycles. The fourth-order valence-electron chi connectivity index (χ4n) is 3.56. The van der Waals surface area contributed by atoms with E-state index >= 15 is 0 Å². The highest BCUT2D eigenvalue weighted by Gasteiger charge is 2.12. The average molecular weight is 386 g/mol. The molecule has 1 amide bonds. The van der Waals surface area contributed by atoms with Crippen LogP contribution in [0.2, 0.25) is 0 Å². The zero-order valence-corrected chi connectivity index (χ0v) is 16.7. The van der Waals surface area contributed by atoms with E-state index in [2.05, 4.69) is 51.7 Å². The number of amides is 1. The molecule has 2 aromatic carbocycles. The van der Waals surface area contributed by atoms with Crippen molar-refractivity contribution in [2.24, 2.45) is 0 Å². The molecular weight excluding hydrogens is 360 g/mol. The average Bonchev–Trinajstić information content (AvgIpc) is 3.30. The maximum atomic E-state index is 12.6. The van der Waals surface area contributed by atoms with Crippen molar-refractivity contribution in [2.75, 3.05) is 28.6 Å². The van der Waals surface area contributed by atoms with Crippen molar-refractivity contribution < 1.29 is 4.79 Å². The van der Waals surface area contributed by atoms with Crippen molar-refractivity contribution >= 4 is 28.7 Å². The lowest BCUT2D eigenvalue weighted by molar-refractivity contribution is 0.102. The number of aryl methyl sites for hydroxylation is 1. The van der Waals surface area contributed by atoms with Gasteiger partial charge in [-0.2, -0.15) is 0 Å². The molecule has 148 valence electrons. The molecule has 1 fully saturated rings. The van der Waals surface area contributed by atoms with Crippen LogP contribution in [-0.2, 0) is 6.42 Å². The van der Waals surface area contributed by atoms with Crippen LogP contribution in [0.5, 0.6) is 0 Å². The highest BCUT2D eigenvalue weighted by molar-refractivity contribution is 6.04. The molecule has 29 heavy (non-hydrogen) atoms. The van der Waals surface area contributed by atoms with Gasteiger partial charge in [0.1, 0.15) is 0 Å². The number of carbonyl (C=O) groups is 1. The first-order valence-electron chi connectivity index (χ1n) is 10.2. The zero-order chi connectivity index (χ0) is 20.1. The summed E-state index contributed by atoms with van der Waals surface area (Å²) in [6.45, 7) is 4.38. The molecule has 1 aliphatic rings. The van der Waals surface area contributed by atoms with E-state index < -0.39 is 0 Å². The molecule has 0 radical (unpaired) electrons. The molecule has 0 aliphatic carbocycles. The number of rotatable bonds is 6. The third kappa shape index (κ3) is 4.74. The second kappa shape index (κ2) is 8.78. The molecule has 2 heterocycles. The molecule has 0 unspecified atom stereocenters. The van der Waals surface area contributed by atoms with E-state index in [1.54, 1.807) is 12.4 Å². The van der Waals surface area contributed by atoms with Crippen LogP contribution in [0, 0.1) is 0 Å². The predicted octanol–water partition coefficient (Wildman–Crippen LogP) is 5.24. The van der Waals surface area contributed by atoms with E-state index in [0.717, 1.165) is 36.6 Å². The first-order valence-corrected chi connectivity index (χ1v) is 10.2. The first-order chi connectivity index (χ1) is 14.2. The van der Waals surface area contributed by atoms with Crippen molar-refractivity contribution in [2.45, 2.75) is 26.2 Å². The fourth-order valence-corrected chi connectivity index (χ4v) is 3.56. The largest absolute Gasteiger partial charge is 0.372 e. The van der Waals surface area contributed by atoms with Gasteiger partial charge in [-0.25, -0.2) is 0 Å². The summed E-state index contributed by atoms with van der Waals surface area (Å²) in [5.74, 6) is -0.172. The minimum absolute atomic E-state index is 0.172. The Morgan fingerprint density at radius 1 is 0.931 bits per heavy atom. The summed E-state index contributed by atoms with van der Waals surface area (Å²) in [5, 5.41) is 6.26. The molecule has 1 aromatic heterocycles. The molecule has 0 saturated carbocycles. The highest BCUT2D eigenvalue weighted by atomic mass is 16.1. The molecule has 2 N–H and O–H groups in total. The number of anilines is 4. The van der Waals surface area contributed by atoms with Crippen molar-refractivity contribution in [1.82, 2.24) is 4.98 Å². The van der Waals surface area contributed by atoms with Gasteiger partial charge in [0.25, 0.3) is 5.91 Å². The van der Waals surface area contributed by atoms with Crippen LogP contribution in [0.25, 0.3) is 0 Å². The quantitative estimate of drug-likeness (QED) is 0.608. The lowest BCUT2D eigenvalue weighted by Crippen LogP contribution is -2.17. The Kier molecular flexibility index (Phi) is 5.75. The molecular formula is C24H26N4O. The third-order valence-corrected chi connectivity index (χ3v) is 5.25. The van der Waals surface area contributed by atoms with Gasteiger partial charge in [-0.15, -0.1) is 0 Å². The normalized spacial score (nSPS) is 13.3. The summed E-state index contributed by atoms with van der Waals surface area (Å²) in [7, 11) is 0. The Labute approximate surface area is 171 Å². The van der Waals surface area contributed by atoms with E-state index in [4.69, 9.17) is 0 Å². The maximum absolute atomic E-state index is 12.6. The minimum Gasteiger partial charge on any atom is -0.372 e. The fraction of sp³-hybridized carbons (Fsp3) is 0.250. The van der Waals surface area contributed by atoms with Crippen molar-refractivity contribution in [1.29, 1.82) is 0 Å². The maximum Gasteiger partial charge on any atom is 0.257 e. The lowest BCUT2D eigenvalue weighted by atomic mass is 10.1. The zero-order valence-electron chi connectivity index (χ0n) is 16.7. The first kappa shape index (κ1) is 19.0. The van der Waals surface area contributed by atoms with Crippen LogP contribution in [-0.4, -0.2) is 24.0 Å². The summed E-state index contributed by atoms with van der Waals surface area (Å²) in [5.41, 5.74) is 5.56. The minimum atomic E-state index is -0.172. The van der Waals surface area contributed by atoms with Crippen molar-refractivity contribution in [3.05, 3.63) is 78.1 Å². The molecule has 0 spiro atoms. The Morgan fingerprint density at radius 3 is 2.31 bits per heavy atom. The predicted molar refractivity (Wildman–Crippen MR) is 119 cm³/mol. The van der Waals surface area contributed by atoms with Crippen molar-refractivity contribution in [3.8, 4) is 0 Å². The lowest BCUT2D eigenvalue weighted by Gasteiger charge is -2.18. The van der Waals surface area contributed by atoms with E-state index in [0.29, 0.717) is 5.56 Å². The molecule has 1 aliphatic heterocycles. The van der Waals surface area contributed by atoms with Gasteiger partial charge in [0.05, 0.1) is 17.4 Å². The molecule has 5 heteroatoms. The second-order valence-corrected chi connectivity index (χ2v) is 7.33. The van der Waals surface area contributed by atoms with Crippen LogP contribution in [0.15, 0.2) is 67.0 Å². The molecule has 4 rings (SSSR count). The van der Waals surface area contributed by atoms with Gasteiger partial charge in [0, 0.05) is 36.3 Å². The number of hydrogen-bond donors (Lipinski definition) is 2. The summed E-state index contributed by atoms with van der Waals surface area (Å²) >= 11 is 0. The molecule has 0 atom stereocenters. The van der Waals surface area contributed by atoms with Crippen LogP contribution in [0.4, 0.5) is 22.7 Å². The number of pyridine rings is 1. The van der Waals surface area contributed by atoms with Crippen LogP contribution >= 0.6 is 0 Å². The van der Waals surface area contributed by atoms with Gasteiger partial charge >= 0.3 is 0 Å². The van der Waals surface area contributed by atoms with Gasteiger partial charge in [0.2, 0.25) is 0 Å². The molecule has 3 aromatic rings. The summed E-state index contributed by atoms with van der Waals surface area (Å²) in [6.07, 6.45) is 6.82. The SMILES string of the molecule is CCc1ccc(NC(=O)c2cncc(Nc3ccc(N4CCCC4)cc3)c2)cc1. The smallest absolute Gasteiger partial charge is 0.257 e. The Balaban J connectivity index is 1.41. The topological polar surface area (TPSA) is 57.3 Å². The van der Waals surface area contributed by atoms with Gasteiger partial charge in [-0.3, -0.25) is 9.78 Å². The summed E-state index contributed by atoms with van der Waals surface area (Å²) in [6, 6.07) is 18.1. The highest BCUT2D eigenvalue weighted by Crippen LogP contribution is 2.24. The van der Waals surface area contributed by atoms with Crippen LogP contribution in [0.3, 0.4) is 0 Å². The van der Waals surface area contributed by atoms with E-state index in [-0.39, 0.29) is 5.91 Å². The van der Waals surface area contributed by atoms with Crippen molar-refractivity contribution in [3.63, 3.8) is 0 Å². The van der Waals surface area contributed by atoms with Gasteiger partial charge in [-0.1, -0.05) is 19.1 Å². The van der Waals surface area contributed by atoms with Crippen LogP contribution in [0.1, 0.15) is 35.7 Å². The Morgan fingerprint density at radius 2 is 1.62 bits per heavy atom. The third-order valence-electron chi connectivity index (χ3n) is 5.25. The van der Waals surface area contributed by atoms with Gasteiger partial charge < -0.3 is 15.5 Å². The van der Waals surface area contributed by atoms with Gasteiger partial charge in [-0.05, 0) is 67.3 Å². The van der Waals surface area contributed by atoms with E-state index in [1.165, 1.54) is 24.1 Å². The second-order valence-electron chi connectivity index (χ2n) is 7.33. The van der Waals surface area contributed by atoms with Crippen LogP contribution < -0.4 is 15.5 Å². The number of nitrogens with one attached hydrogen (secondary N) is 2. The Bertz CT molecular complexity index is 961. The summed E-state index contributed by atoms with van der Waals surface area (Å²) in [4.78, 5) is 19.2. The number of aromatic nitrogens is 1. The monoisotopic (exact) mass is 386 g/mol. The standard InChI is InChI=1S/C24H26N4O/c1-2-18-5-7-21(8-6-18)27-24(29)19-15-22(17-25-16-19)26-20-9-11-23(12-10-20)28-13-3-4-14-28/h5-12,15-17,26H,2-4,13-14H2,1H3,(H,27,29). The summed E-state index contributed by atoms with van der Waals surface area (Å²) < 4.78 is 0. The van der Waals surface area contributed by atoms with E-state index in [9.17, 15) is 4.79 Å². The van der Waals surface area contributed by atoms with Gasteiger partial charge in [0.15, 0.2) is 0 Å².